The molecular weight excluding hydrogens is 250 g/mol. The van der Waals surface area contributed by atoms with E-state index in [0.29, 0.717) is 0 Å². The van der Waals surface area contributed by atoms with Crippen molar-refractivity contribution in [3.05, 3.63) is 35.7 Å². The number of nitrogens with zero attached hydrogens (tertiary/aromatic N) is 4. The Morgan fingerprint density at radius 3 is 2.80 bits per heavy atom. The fourth-order valence-corrected chi connectivity index (χ4v) is 2.15. The lowest BCUT2D eigenvalue weighted by Crippen LogP contribution is -2.09. The fourth-order valence-electron chi connectivity index (χ4n) is 2.15. The van der Waals surface area contributed by atoms with Gasteiger partial charge in [-0.15, -0.1) is 0 Å². The van der Waals surface area contributed by atoms with Crippen LogP contribution >= 0.6 is 0 Å². The topological polar surface area (TPSA) is 55.6 Å². The van der Waals surface area contributed by atoms with Crippen molar-refractivity contribution >= 4 is 5.95 Å². The average Bonchev–Trinajstić information content (AvgIpc) is 2.84. The molecule has 0 aromatic carbocycles. The predicted molar refractivity (Wildman–Crippen MR) is 80.9 cm³/mol. The highest BCUT2D eigenvalue weighted by molar-refractivity contribution is 5.29. The highest BCUT2D eigenvalue weighted by Gasteiger charge is 2.07. The van der Waals surface area contributed by atoms with Crippen molar-refractivity contribution < 1.29 is 0 Å². The molecule has 0 aliphatic heterocycles. The Bertz CT molecular complexity index is 547. The largest absolute Gasteiger partial charge is 0.354 e. The van der Waals surface area contributed by atoms with Gasteiger partial charge in [0.25, 0.3) is 0 Å². The molecule has 20 heavy (non-hydrogen) atoms. The van der Waals surface area contributed by atoms with Crippen molar-refractivity contribution in [2.45, 2.75) is 46.6 Å². The van der Waals surface area contributed by atoms with Crippen molar-refractivity contribution in [2.24, 2.45) is 0 Å². The molecule has 2 aromatic heterocycles. The van der Waals surface area contributed by atoms with Gasteiger partial charge in [-0.3, -0.25) is 0 Å². The second-order valence-corrected chi connectivity index (χ2v) is 4.96. The number of nitrogens with one attached hydrogen (secondary N) is 1. The average molecular weight is 273 g/mol. The van der Waals surface area contributed by atoms with E-state index in [1.165, 1.54) is 0 Å². The maximum Gasteiger partial charge on any atom is 0.223 e. The second kappa shape index (κ2) is 7.03. The summed E-state index contributed by atoms with van der Waals surface area (Å²) in [6, 6.07) is 2.03. The normalized spacial score (nSPS) is 10.8. The summed E-state index contributed by atoms with van der Waals surface area (Å²) in [4.78, 5) is 13.4. The van der Waals surface area contributed by atoms with Crippen LogP contribution in [-0.2, 0) is 13.0 Å². The Kier molecular flexibility index (Phi) is 5.09. The van der Waals surface area contributed by atoms with Gasteiger partial charge in [-0.2, -0.15) is 0 Å². The fraction of sp³-hybridized carbons (Fsp3) is 0.533. The molecule has 0 aliphatic carbocycles. The first-order valence-electron chi connectivity index (χ1n) is 7.31. The maximum atomic E-state index is 4.57. The van der Waals surface area contributed by atoms with E-state index < -0.39 is 0 Å². The van der Waals surface area contributed by atoms with E-state index in [4.69, 9.17) is 0 Å². The quantitative estimate of drug-likeness (QED) is 0.843. The molecule has 0 unspecified atom stereocenters. The van der Waals surface area contributed by atoms with Gasteiger partial charge < -0.3 is 9.88 Å². The van der Waals surface area contributed by atoms with Gasteiger partial charge in [0.05, 0.1) is 5.69 Å². The third-order valence-corrected chi connectivity index (χ3v) is 3.05. The van der Waals surface area contributed by atoms with Crippen molar-refractivity contribution in [3.63, 3.8) is 0 Å². The van der Waals surface area contributed by atoms with Gasteiger partial charge in [-0.1, -0.05) is 13.8 Å². The van der Waals surface area contributed by atoms with Crippen molar-refractivity contribution in [3.8, 4) is 0 Å². The van der Waals surface area contributed by atoms with Crippen molar-refractivity contribution in [2.75, 3.05) is 11.9 Å². The summed E-state index contributed by atoms with van der Waals surface area (Å²) in [5.41, 5.74) is 2.00. The molecule has 0 saturated heterocycles. The summed E-state index contributed by atoms with van der Waals surface area (Å²) in [5, 5.41) is 3.25. The molecule has 1 N–H and O–H groups in total. The Morgan fingerprint density at radius 1 is 1.20 bits per heavy atom. The molecule has 0 fully saturated rings. The maximum absolute atomic E-state index is 4.57. The molecule has 2 aromatic rings. The van der Waals surface area contributed by atoms with Gasteiger partial charge in [0.2, 0.25) is 5.95 Å². The van der Waals surface area contributed by atoms with Crippen molar-refractivity contribution in [1.82, 2.24) is 19.5 Å². The number of anilines is 1. The molecule has 0 amide bonds. The van der Waals surface area contributed by atoms with Crippen LogP contribution in [0.4, 0.5) is 5.95 Å². The summed E-state index contributed by atoms with van der Waals surface area (Å²) < 4.78 is 2.19. The molecule has 0 saturated carbocycles. The second-order valence-electron chi connectivity index (χ2n) is 4.96. The van der Waals surface area contributed by atoms with E-state index in [0.717, 1.165) is 55.5 Å². The van der Waals surface area contributed by atoms with Crippen LogP contribution in [0, 0.1) is 6.92 Å². The molecule has 5 nitrogen and oxygen atoms in total. The van der Waals surface area contributed by atoms with Crippen LogP contribution in [0.3, 0.4) is 0 Å². The highest BCUT2D eigenvalue weighted by atomic mass is 15.1. The number of aromatic nitrogens is 4. The van der Waals surface area contributed by atoms with Crippen LogP contribution in [-0.4, -0.2) is 26.1 Å². The molecule has 108 valence electrons. The number of aryl methyl sites for hydroxylation is 2. The standard InChI is InChI=1S/C15H23N5/c1-4-6-17-15-18-12(3)10-13(19-15)11-14-16-7-9-20(14)8-5-2/h7,9-10H,4-6,8,11H2,1-3H3,(H,17,18,19). The van der Waals surface area contributed by atoms with Gasteiger partial charge in [0.15, 0.2) is 0 Å². The van der Waals surface area contributed by atoms with Crippen LogP contribution in [0.5, 0.6) is 0 Å². The van der Waals surface area contributed by atoms with E-state index in [2.05, 4.69) is 38.7 Å². The molecule has 0 radical (unpaired) electrons. The third-order valence-electron chi connectivity index (χ3n) is 3.05. The van der Waals surface area contributed by atoms with Gasteiger partial charge in [-0.05, 0) is 25.8 Å². The summed E-state index contributed by atoms with van der Waals surface area (Å²) in [5.74, 6) is 1.78. The van der Waals surface area contributed by atoms with Gasteiger partial charge in [0, 0.05) is 37.6 Å². The number of hydrogen-bond acceptors (Lipinski definition) is 4. The van der Waals surface area contributed by atoms with Crippen LogP contribution in [0.15, 0.2) is 18.5 Å². The first kappa shape index (κ1) is 14.5. The molecular formula is C15H23N5. The Hall–Kier alpha value is -1.91. The lowest BCUT2D eigenvalue weighted by Gasteiger charge is -2.09. The van der Waals surface area contributed by atoms with E-state index >= 15 is 0 Å². The van der Waals surface area contributed by atoms with Crippen LogP contribution in [0.25, 0.3) is 0 Å². The van der Waals surface area contributed by atoms with Gasteiger partial charge >= 0.3 is 0 Å². The van der Waals surface area contributed by atoms with E-state index in [1.54, 1.807) is 0 Å². The van der Waals surface area contributed by atoms with Crippen molar-refractivity contribution in [1.29, 1.82) is 0 Å². The molecule has 0 aliphatic rings. The van der Waals surface area contributed by atoms with E-state index in [1.807, 2.05) is 25.4 Å². The zero-order valence-electron chi connectivity index (χ0n) is 12.6. The minimum Gasteiger partial charge on any atom is -0.354 e. The summed E-state index contributed by atoms with van der Waals surface area (Å²) in [6.07, 6.45) is 6.80. The van der Waals surface area contributed by atoms with Gasteiger partial charge in [-0.25, -0.2) is 15.0 Å². The minimum absolute atomic E-state index is 0.718. The molecule has 0 bridgehead atoms. The number of imidazole rings is 1. The smallest absolute Gasteiger partial charge is 0.223 e. The monoisotopic (exact) mass is 273 g/mol. The Morgan fingerprint density at radius 2 is 2.05 bits per heavy atom. The van der Waals surface area contributed by atoms with E-state index in [9.17, 15) is 0 Å². The number of rotatable bonds is 7. The molecule has 2 rings (SSSR count). The van der Waals surface area contributed by atoms with Crippen LogP contribution in [0.2, 0.25) is 0 Å². The lowest BCUT2D eigenvalue weighted by atomic mass is 10.2. The molecule has 2 heterocycles. The summed E-state index contributed by atoms with van der Waals surface area (Å²) in [6.45, 7) is 8.20. The zero-order valence-corrected chi connectivity index (χ0v) is 12.6. The molecule has 0 spiro atoms. The summed E-state index contributed by atoms with van der Waals surface area (Å²) in [7, 11) is 0. The van der Waals surface area contributed by atoms with Gasteiger partial charge in [0.1, 0.15) is 5.82 Å². The zero-order chi connectivity index (χ0) is 14.4. The predicted octanol–water partition coefficient (Wildman–Crippen LogP) is 2.80. The molecule has 5 heteroatoms. The highest BCUT2D eigenvalue weighted by Crippen LogP contribution is 2.10. The third kappa shape index (κ3) is 3.79. The van der Waals surface area contributed by atoms with Crippen LogP contribution in [0.1, 0.15) is 43.9 Å². The Balaban J connectivity index is 2.15. The summed E-state index contributed by atoms with van der Waals surface area (Å²) >= 11 is 0. The first-order chi connectivity index (χ1) is 9.72. The van der Waals surface area contributed by atoms with E-state index in [-0.39, 0.29) is 0 Å². The minimum atomic E-state index is 0.718. The first-order valence-corrected chi connectivity index (χ1v) is 7.31. The van der Waals surface area contributed by atoms with Crippen LogP contribution < -0.4 is 5.32 Å². The molecule has 0 atom stereocenters. The number of hydrogen-bond donors (Lipinski definition) is 1. The Labute approximate surface area is 120 Å². The lowest BCUT2D eigenvalue weighted by molar-refractivity contribution is 0.644. The SMILES string of the molecule is CCCNc1nc(C)cc(Cc2nccn2CCC)n1.